The van der Waals surface area contributed by atoms with E-state index in [-0.39, 0.29) is 12.0 Å². The molecule has 0 saturated heterocycles. The molecule has 0 aliphatic rings. The van der Waals surface area contributed by atoms with E-state index in [1.54, 1.807) is 0 Å². The first-order valence-corrected chi connectivity index (χ1v) is 4.81. The van der Waals surface area contributed by atoms with E-state index in [1.807, 2.05) is 0 Å². The van der Waals surface area contributed by atoms with Crippen LogP contribution in [0.4, 0.5) is 13.2 Å². The van der Waals surface area contributed by atoms with Gasteiger partial charge in [0, 0.05) is 6.42 Å². The summed E-state index contributed by atoms with van der Waals surface area (Å²) < 4.78 is 37.2. The number of hydrogen-bond acceptors (Lipinski definition) is 2. The molecule has 17 heavy (non-hydrogen) atoms. The van der Waals surface area contributed by atoms with Crippen LogP contribution in [0.1, 0.15) is 18.1 Å². The SMILES string of the molecule is CC(N)(Cc1cccc(C(F)(F)F)c1)C(=O)O. The molecule has 0 aromatic heterocycles. The predicted molar refractivity (Wildman–Crippen MR) is 55.4 cm³/mol. The molecule has 0 heterocycles. The molecule has 6 heteroatoms. The van der Waals surface area contributed by atoms with Gasteiger partial charge in [-0.1, -0.05) is 18.2 Å². The number of alkyl halides is 3. The van der Waals surface area contributed by atoms with Crippen molar-refractivity contribution in [2.75, 3.05) is 0 Å². The maximum atomic E-state index is 12.4. The van der Waals surface area contributed by atoms with Gasteiger partial charge >= 0.3 is 12.1 Å². The zero-order valence-corrected chi connectivity index (χ0v) is 9.08. The van der Waals surface area contributed by atoms with Crippen molar-refractivity contribution >= 4 is 5.97 Å². The summed E-state index contributed by atoms with van der Waals surface area (Å²) in [6.07, 6.45) is -4.60. The Bertz CT molecular complexity index is 427. The number of benzene rings is 1. The van der Waals surface area contributed by atoms with Gasteiger partial charge in [0.05, 0.1) is 5.56 Å². The lowest BCUT2D eigenvalue weighted by molar-refractivity contribution is -0.142. The number of carboxylic acids is 1. The van der Waals surface area contributed by atoms with Gasteiger partial charge in [-0.25, -0.2) is 0 Å². The normalized spacial score (nSPS) is 15.4. The highest BCUT2D eigenvalue weighted by Crippen LogP contribution is 2.30. The minimum absolute atomic E-state index is 0.160. The summed E-state index contributed by atoms with van der Waals surface area (Å²) in [6.45, 7) is 1.26. The highest BCUT2D eigenvalue weighted by Gasteiger charge is 2.32. The summed E-state index contributed by atoms with van der Waals surface area (Å²) in [6, 6.07) is 4.49. The summed E-state index contributed by atoms with van der Waals surface area (Å²) in [5, 5.41) is 8.78. The molecule has 0 amide bonds. The molecule has 0 radical (unpaired) electrons. The predicted octanol–water partition coefficient (Wildman–Crippen LogP) is 2.05. The van der Waals surface area contributed by atoms with Crippen molar-refractivity contribution < 1.29 is 23.1 Å². The van der Waals surface area contributed by atoms with E-state index in [9.17, 15) is 18.0 Å². The number of hydrogen-bond donors (Lipinski definition) is 2. The van der Waals surface area contributed by atoms with E-state index in [0.717, 1.165) is 12.1 Å². The van der Waals surface area contributed by atoms with E-state index >= 15 is 0 Å². The first-order chi connectivity index (χ1) is 7.63. The van der Waals surface area contributed by atoms with Gasteiger partial charge < -0.3 is 10.8 Å². The molecule has 0 aliphatic heterocycles. The standard InChI is InChI=1S/C11H12F3NO2/c1-10(15,9(16)17)6-7-3-2-4-8(5-7)11(12,13)14/h2-5H,6,15H2,1H3,(H,16,17). The molecule has 94 valence electrons. The third kappa shape index (κ3) is 3.45. The number of nitrogens with two attached hydrogens (primary N) is 1. The highest BCUT2D eigenvalue weighted by molar-refractivity contribution is 5.78. The number of rotatable bonds is 3. The number of carbonyl (C=O) groups is 1. The van der Waals surface area contributed by atoms with E-state index in [1.165, 1.54) is 19.1 Å². The molecule has 1 rings (SSSR count). The van der Waals surface area contributed by atoms with Crippen LogP contribution < -0.4 is 5.73 Å². The summed E-state index contributed by atoms with van der Waals surface area (Å²) in [5.74, 6) is -1.25. The van der Waals surface area contributed by atoms with Crippen molar-refractivity contribution in [3.63, 3.8) is 0 Å². The molecular weight excluding hydrogens is 235 g/mol. The maximum absolute atomic E-state index is 12.4. The van der Waals surface area contributed by atoms with Gasteiger partial charge in [0.25, 0.3) is 0 Å². The summed E-state index contributed by atoms with van der Waals surface area (Å²) >= 11 is 0. The molecule has 0 spiro atoms. The first kappa shape index (κ1) is 13.5. The second kappa shape index (κ2) is 4.37. The van der Waals surface area contributed by atoms with Crippen molar-refractivity contribution in [3.05, 3.63) is 35.4 Å². The Labute approximate surface area is 96.0 Å². The Kier molecular flexibility index (Phi) is 3.47. The monoisotopic (exact) mass is 247 g/mol. The van der Waals surface area contributed by atoms with E-state index in [2.05, 4.69) is 0 Å². The van der Waals surface area contributed by atoms with E-state index < -0.39 is 23.2 Å². The Balaban J connectivity index is 2.98. The first-order valence-electron chi connectivity index (χ1n) is 4.81. The largest absolute Gasteiger partial charge is 0.480 e. The minimum atomic E-state index is -4.44. The van der Waals surface area contributed by atoms with Gasteiger partial charge in [0.1, 0.15) is 5.54 Å². The second-order valence-electron chi connectivity index (χ2n) is 4.10. The van der Waals surface area contributed by atoms with Crippen LogP contribution in [0.5, 0.6) is 0 Å². The average molecular weight is 247 g/mol. The van der Waals surface area contributed by atoms with Crippen LogP contribution in [0.25, 0.3) is 0 Å². The molecule has 1 aromatic rings. The lowest BCUT2D eigenvalue weighted by Gasteiger charge is -2.19. The summed E-state index contributed by atoms with van der Waals surface area (Å²) in [7, 11) is 0. The molecule has 0 aliphatic carbocycles. The zero-order chi connectivity index (χ0) is 13.3. The third-order valence-corrected chi connectivity index (χ3v) is 2.31. The molecular formula is C11H12F3NO2. The van der Waals surface area contributed by atoms with Crippen molar-refractivity contribution in [1.82, 2.24) is 0 Å². The fraction of sp³-hybridized carbons (Fsp3) is 0.364. The van der Waals surface area contributed by atoms with Crippen LogP contribution in [-0.2, 0) is 17.4 Å². The van der Waals surface area contributed by atoms with Crippen LogP contribution in [0.3, 0.4) is 0 Å². The summed E-state index contributed by atoms with van der Waals surface area (Å²) in [5.41, 5.74) is 3.32. The fourth-order valence-corrected chi connectivity index (χ4v) is 1.36. The number of carboxylic acid groups (broad SMARTS) is 1. The van der Waals surface area contributed by atoms with Gasteiger partial charge in [-0.2, -0.15) is 13.2 Å². The van der Waals surface area contributed by atoms with Gasteiger partial charge in [-0.15, -0.1) is 0 Å². The lowest BCUT2D eigenvalue weighted by Crippen LogP contribution is -2.46. The summed E-state index contributed by atoms with van der Waals surface area (Å²) in [4.78, 5) is 10.8. The molecule has 0 bridgehead atoms. The molecule has 3 nitrogen and oxygen atoms in total. The van der Waals surface area contributed by atoms with Gasteiger partial charge in [0.2, 0.25) is 0 Å². The quantitative estimate of drug-likeness (QED) is 0.859. The Hall–Kier alpha value is -1.56. The number of halogens is 3. The lowest BCUT2D eigenvalue weighted by atomic mass is 9.93. The van der Waals surface area contributed by atoms with Gasteiger partial charge in [-0.3, -0.25) is 4.79 Å². The molecule has 1 unspecified atom stereocenters. The molecule has 3 N–H and O–H groups in total. The fourth-order valence-electron chi connectivity index (χ4n) is 1.36. The Morgan fingerprint density at radius 3 is 2.47 bits per heavy atom. The van der Waals surface area contributed by atoms with Crippen molar-refractivity contribution in [3.8, 4) is 0 Å². The maximum Gasteiger partial charge on any atom is 0.416 e. The molecule has 0 saturated carbocycles. The van der Waals surface area contributed by atoms with Crippen molar-refractivity contribution in [2.24, 2.45) is 5.73 Å². The van der Waals surface area contributed by atoms with Crippen LogP contribution in [0.15, 0.2) is 24.3 Å². The van der Waals surface area contributed by atoms with Crippen LogP contribution in [0.2, 0.25) is 0 Å². The highest BCUT2D eigenvalue weighted by atomic mass is 19.4. The van der Waals surface area contributed by atoms with Crippen LogP contribution >= 0.6 is 0 Å². The van der Waals surface area contributed by atoms with Crippen molar-refractivity contribution in [2.45, 2.75) is 25.1 Å². The van der Waals surface area contributed by atoms with E-state index in [4.69, 9.17) is 10.8 Å². The van der Waals surface area contributed by atoms with Crippen LogP contribution in [0, 0.1) is 0 Å². The minimum Gasteiger partial charge on any atom is -0.480 e. The number of aliphatic carboxylic acids is 1. The third-order valence-electron chi connectivity index (χ3n) is 2.31. The Morgan fingerprint density at radius 1 is 1.41 bits per heavy atom. The second-order valence-corrected chi connectivity index (χ2v) is 4.10. The molecule has 1 atom stereocenters. The van der Waals surface area contributed by atoms with E-state index in [0.29, 0.717) is 0 Å². The van der Waals surface area contributed by atoms with Gasteiger partial charge in [0.15, 0.2) is 0 Å². The zero-order valence-electron chi connectivity index (χ0n) is 9.08. The topological polar surface area (TPSA) is 63.3 Å². The molecule has 1 aromatic carbocycles. The Morgan fingerprint density at radius 2 is 2.00 bits per heavy atom. The molecule has 0 fully saturated rings. The van der Waals surface area contributed by atoms with Crippen LogP contribution in [-0.4, -0.2) is 16.6 Å². The van der Waals surface area contributed by atoms with Crippen molar-refractivity contribution in [1.29, 1.82) is 0 Å². The average Bonchev–Trinajstić information content (AvgIpc) is 2.15. The smallest absolute Gasteiger partial charge is 0.416 e. The van der Waals surface area contributed by atoms with Gasteiger partial charge in [-0.05, 0) is 18.6 Å².